The number of rotatable bonds is 9. The summed E-state index contributed by atoms with van der Waals surface area (Å²) in [4.78, 5) is 39.2. The SMILES string of the molecule is CNc1ccc2ccc(-c3cn(COCC[Si](C)(C)C)c4nc(N5[C@H]6CC[C@@H]5[C@H](NC(=O)OC(C)(C)C)C6)n(C)c(=O)c34)c(Cl)c2n1. The maximum Gasteiger partial charge on any atom is 0.407 e. The van der Waals surface area contributed by atoms with Crippen LogP contribution in [0.5, 0.6) is 0 Å². The number of hydrogen-bond donors (Lipinski definition) is 2. The van der Waals surface area contributed by atoms with E-state index in [1.54, 1.807) is 11.6 Å². The van der Waals surface area contributed by atoms with Gasteiger partial charge in [0.15, 0.2) is 5.65 Å². The number of carbonyl (C=O) groups is 1. The molecule has 3 atom stereocenters. The summed E-state index contributed by atoms with van der Waals surface area (Å²) in [7, 11) is 2.29. The van der Waals surface area contributed by atoms with Crippen molar-refractivity contribution in [1.82, 2.24) is 24.4 Å². The Hall–Kier alpha value is -3.61. The Morgan fingerprint density at radius 3 is 2.55 bits per heavy atom. The first-order valence-electron chi connectivity index (χ1n) is 16.4. The minimum absolute atomic E-state index is 0.00122. The van der Waals surface area contributed by atoms with E-state index in [0.29, 0.717) is 51.1 Å². The standard InChI is InChI=1S/C34H46ClN7O4Si/c1-34(2,3)46-33(44)37-24-17-21-11-13-25(24)42(21)32-39-30-27(31(43)40(32)5)23(18-41(30)19-45-15-16-47(6,7)8)22-12-9-20-10-14-26(36-4)38-29(20)28(22)35/h9-10,12,14,18,21,24-25H,11,13,15-17,19H2,1-8H3,(H,36,38)(H,37,44)/t21-,24+,25+/m0/s1. The van der Waals surface area contributed by atoms with Gasteiger partial charge in [0.05, 0.1) is 28.0 Å². The van der Waals surface area contributed by atoms with E-state index in [1.165, 1.54) is 0 Å². The molecule has 0 unspecified atom stereocenters. The van der Waals surface area contributed by atoms with Crippen molar-refractivity contribution in [3.63, 3.8) is 0 Å². The van der Waals surface area contributed by atoms with E-state index in [0.717, 1.165) is 30.7 Å². The van der Waals surface area contributed by atoms with E-state index < -0.39 is 19.8 Å². The lowest BCUT2D eigenvalue weighted by molar-refractivity contribution is 0.0497. The van der Waals surface area contributed by atoms with Gasteiger partial charge in [-0.3, -0.25) is 9.36 Å². The Bertz CT molecular complexity index is 1890. The molecule has 6 rings (SSSR count). The number of nitrogens with zero attached hydrogens (tertiary/aromatic N) is 5. The van der Waals surface area contributed by atoms with Crippen LogP contribution >= 0.6 is 11.6 Å². The number of ether oxygens (including phenoxy) is 2. The molecule has 2 fully saturated rings. The molecule has 0 radical (unpaired) electrons. The van der Waals surface area contributed by atoms with E-state index in [4.69, 9.17) is 31.0 Å². The Morgan fingerprint density at radius 2 is 1.85 bits per heavy atom. The van der Waals surface area contributed by atoms with Crippen LogP contribution in [-0.2, 0) is 23.3 Å². The highest BCUT2D eigenvalue weighted by Gasteiger charge is 2.49. The number of hydrogen-bond acceptors (Lipinski definition) is 8. The molecule has 47 heavy (non-hydrogen) atoms. The van der Waals surface area contributed by atoms with Gasteiger partial charge >= 0.3 is 6.09 Å². The van der Waals surface area contributed by atoms with Crippen LogP contribution in [0.1, 0.15) is 40.0 Å². The summed E-state index contributed by atoms with van der Waals surface area (Å²) in [5.41, 5.74) is 1.84. The van der Waals surface area contributed by atoms with Gasteiger partial charge in [-0.15, -0.1) is 0 Å². The first-order chi connectivity index (χ1) is 22.1. The lowest BCUT2D eigenvalue weighted by atomic mass is 9.96. The number of alkyl carbamates (subject to hydrolysis) is 1. The van der Waals surface area contributed by atoms with Crippen molar-refractivity contribution in [2.75, 3.05) is 23.9 Å². The Kier molecular flexibility index (Phi) is 8.81. The number of pyridine rings is 1. The van der Waals surface area contributed by atoms with Crippen molar-refractivity contribution in [3.8, 4) is 11.1 Å². The van der Waals surface area contributed by atoms with Gasteiger partial charge in [-0.25, -0.2) is 9.78 Å². The smallest absolute Gasteiger partial charge is 0.407 e. The topological polar surface area (TPSA) is 116 Å². The fourth-order valence-electron chi connectivity index (χ4n) is 6.80. The zero-order chi connectivity index (χ0) is 33.8. The van der Waals surface area contributed by atoms with Crippen LogP contribution in [-0.4, -0.2) is 70.7 Å². The molecule has 13 heteroatoms. The van der Waals surface area contributed by atoms with Crippen LogP contribution in [0.4, 0.5) is 16.6 Å². The largest absolute Gasteiger partial charge is 0.444 e. The van der Waals surface area contributed by atoms with Gasteiger partial charge in [-0.05, 0) is 58.2 Å². The van der Waals surface area contributed by atoms with Gasteiger partial charge in [0.2, 0.25) is 5.95 Å². The molecule has 252 valence electrons. The van der Waals surface area contributed by atoms with E-state index in [9.17, 15) is 9.59 Å². The van der Waals surface area contributed by atoms with Crippen LogP contribution in [0.3, 0.4) is 0 Å². The van der Waals surface area contributed by atoms with Gasteiger partial charge in [0.25, 0.3) is 5.56 Å². The summed E-state index contributed by atoms with van der Waals surface area (Å²) in [6, 6.07) is 8.87. The molecule has 0 saturated carbocycles. The second kappa shape index (κ2) is 12.4. The predicted molar refractivity (Wildman–Crippen MR) is 191 cm³/mol. The average Bonchev–Trinajstić information content (AvgIpc) is 3.66. The number of nitrogens with one attached hydrogen (secondary N) is 2. The fourth-order valence-corrected chi connectivity index (χ4v) is 7.87. The maximum absolute atomic E-state index is 14.4. The average molecular weight is 680 g/mol. The second-order valence-electron chi connectivity index (χ2n) is 15.0. The summed E-state index contributed by atoms with van der Waals surface area (Å²) >= 11 is 7.05. The van der Waals surface area contributed by atoms with E-state index in [1.807, 2.05) is 62.8 Å². The third-order valence-electron chi connectivity index (χ3n) is 9.12. The van der Waals surface area contributed by atoms with Gasteiger partial charge in [0, 0.05) is 57.5 Å². The summed E-state index contributed by atoms with van der Waals surface area (Å²) < 4.78 is 15.3. The molecule has 1 aromatic carbocycles. The minimum Gasteiger partial charge on any atom is -0.444 e. The fraction of sp³-hybridized carbons (Fsp3) is 0.529. The van der Waals surface area contributed by atoms with E-state index in [-0.39, 0.29) is 30.4 Å². The van der Waals surface area contributed by atoms with Crippen molar-refractivity contribution < 1.29 is 14.3 Å². The zero-order valence-corrected chi connectivity index (χ0v) is 30.4. The lowest BCUT2D eigenvalue weighted by Gasteiger charge is -2.28. The highest BCUT2D eigenvalue weighted by Crippen LogP contribution is 2.42. The monoisotopic (exact) mass is 679 g/mol. The van der Waals surface area contributed by atoms with Crippen molar-refractivity contribution in [1.29, 1.82) is 0 Å². The number of carbonyl (C=O) groups excluding carboxylic acids is 1. The number of benzene rings is 1. The first kappa shape index (κ1) is 33.3. The summed E-state index contributed by atoms with van der Waals surface area (Å²) in [5.74, 6) is 1.29. The zero-order valence-electron chi connectivity index (χ0n) is 28.6. The van der Waals surface area contributed by atoms with Crippen molar-refractivity contribution in [2.45, 2.75) is 96.2 Å². The molecule has 2 aliphatic rings. The van der Waals surface area contributed by atoms with Crippen LogP contribution in [0.15, 0.2) is 35.3 Å². The number of fused-ring (bicyclic) bond motifs is 4. The number of halogens is 1. The van der Waals surface area contributed by atoms with E-state index >= 15 is 0 Å². The van der Waals surface area contributed by atoms with E-state index in [2.05, 4.69) is 35.2 Å². The van der Waals surface area contributed by atoms with Crippen LogP contribution in [0.25, 0.3) is 33.1 Å². The molecular formula is C34H46ClN7O4Si. The quantitative estimate of drug-likeness (QED) is 0.150. The third kappa shape index (κ3) is 6.60. The molecular weight excluding hydrogens is 634 g/mol. The van der Waals surface area contributed by atoms with Crippen molar-refractivity contribution in [2.24, 2.45) is 7.05 Å². The Morgan fingerprint density at radius 1 is 1.11 bits per heavy atom. The maximum atomic E-state index is 14.4. The van der Waals surface area contributed by atoms with Crippen molar-refractivity contribution >= 4 is 59.5 Å². The lowest BCUT2D eigenvalue weighted by Crippen LogP contribution is -2.46. The van der Waals surface area contributed by atoms with Gasteiger partial charge < -0.3 is 29.6 Å². The molecule has 3 aromatic heterocycles. The number of amides is 1. The summed E-state index contributed by atoms with van der Waals surface area (Å²) in [5, 5.41) is 8.02. The molecule has 1 amide bonds. The van der Waals surface area contributed by atoms with Gasteiger partial charge in [-0.2, -0.15) is 4.98 Å². The number of anilines is 2. The highest BCUT2D eigenvalue weighted by atomic mass is 35.5. The molecule has 2 saturated heterocycles. The molecule has 5 heterocycles. The summed E-state index contributed by atoms with van der Waals surface area (Å²) in [6.07, 6.45) is 4.12. The second-order valence-corrected chi connectivity index (χ2v) is 21.0. The van der Waals surface area contributed by atoms with Gasteiger partial charge in [0.1, 0.15) is 18.1 Å². The van der Waals surface area contributed by atoms with Crippen LogP contribution < -0.4 is 21.1 Å². The van der Waals surface area contributed by atoms with Crippen molar-refractivity contribution in [3.05, 3.63) is 45.8 Å². The van der Waals surface area contributed by atoms with Crippen LogP contribution in [0.2, 0.25) is 30.7 Å². The first-order valence-corrected chi connectivity index (χ1v) is 20.5. The predicted octanol–water partition coefficient (Wildman–Crippen LogP) is 6.59. The van der Waals surface area contributed by atoms with Crippen LogP contribution in [0, 0.1) is 0 Å². The molecule has 2 N–H and O–H groups in total. The summed E-state index contributed by atoms with van der Waals surface area (Å²) in [6.45, 7) is 13.4. The van der Waals surface area contributed by atoms with Gasteiger partial charge in [-0.1, -0.05) is 43.4 Å². The number of aromatic nitrogens is 4. The normalized spacial score (nSPS) is 19.6. The molecule has 4 aromatic rings. The molecule has 2 aliphatic heterocycles. The molecule has 0 aliphatic carbocycles. The minimum atomic E-state index is -1.30. The molecule has 2 bridgehead atoms. The highest BCUT2D eigenvalue weighted by molar-refractivity contribution is 6.76. The third-order valence-corrected chi connectivity index (χ3v) is 11.2. The molecule has 11 nitrogen and oxygen atoms in total. The Balaban J connectivity index is 1.43. The molecule has 0 spiro atoms. The Labute approximate surface area is 281 Å².